The van der Waals surface area contributed by atoms with E-state index in [1.54, 1.807) is 54.6 Å². The first-order chi connectivity index (χ1) is 15.5. The van der Waals surface area contributed by atoms with Crippen LogP contribution in [0.4, 0.5) is 0 Å². The van der Waals surface area contributed by atoms with Crippen molar-refractivity contribution in [3.63, 3.8) is 0 Å². The number of aromatic carboxylic acids is 1. The number of hydrogen-bond donors (Lipinski definition) is 1. The van der Waals surface area contributed by atoms with E-state index in [1.807, 2.05) is 6.07 Å². The molecular formula is C24H16ClN3O4. The van der Waals surface area contributed by atoms with E-state index in [2.05, 4.69) is 4.98 Å². The van der Waals surface area contributed by atoms with E-state index < -0.39 is 5.97 Å². The first-order valence-electron chi connectivity index (χ1n) is 9.61. The summed E-state index contributed by atoms with van der Waals surface area (Å²) in [6, 6.07) is 18.3. The van der Waals surface area contributed by atoms with Crippen molar-refractivity contribution in [2.45, 2.75) is 6.54 Å². The van der Waals surface area contributed by atoms with Crippen LogP contribution >= 0.6 is 11.6 Å². The van der Waals surface area contributed by atoms with Crippen LogP contribution in [0.15, 0.2) is 71.8 Å². The highest BCUT2D eigenvalue weighted by molar-refractivity contribution is 6.31. The fourth-order valence-electron chi connectivity index (χ4n) is 3.31. The van der Waals surface area contributed by atoms with Crippen molar-refractivity contribution >= 4 is 28.5 Å². The second kappa shape index (κ2) is 8.92. The van der Waals surface area contributed by atoms with Crippen LogP contribution < -0.4 is 10.3 Å². The first kappa shape index (κ1) is 21.1. The number of ether oxygens (including phenoxy) is 1. The maximum Gasteiger partial charge on any atom is 0.335 e. The average molecular weight is 446 g/mol. The molecule has 0 amide bonds. The summed E-state index contributed by atoms with van der Waals surface area (Å²) in [5.74, 6) is -0.515. The van der Waals surface area contributed by atoms with Crippen LogP contribution in [0.1, 0.15) is 15.9 Å². The monoisotopic (exact) mass is 445 g/mol. The lowest BCUT2D eigenvalue weighted by Gasteiger charge is -2.13. The molecule has 0 fully saturated rings. The van der Waals surface area contributed by atoms with Crippen LogP contribution in [0.3, 0.4) is 0 Å². The van der Waals surface area contributed by atoms with Gasteiger partial charge in [-0.1, -0.05) is 23.7 Å². The molecule has 8 heteroatoms. The van der Waals surface area contributed by atoms with Gasteiger partial charge in [0.05, 0.1) is 41.0 Å². The molecule has 4 aromatic rings. The standard InChI is InChI=1S/C24H16ClN3O4/c25-18-5-7-22(20(12-18)16-2-1-3-17(11-16)24(30)31)32-9-8-28-14-27-21-10-15(13-26)4-6-19(21)23(28)29/h1-7,10-12,14H,8-9H2,(H,30,31). The molecule has 0 saturated heterocycles. The van der Waals surface area contributed by atoms with Gasteiger partial charge in [0.1, 0.15) is 12.4 Å². The Morgan fingerprint density at radius 2 is 2.00 bits per heavy atom. The number of carbonyl (C=O) groups is 1. The summed E-state index contributed by atoms with van der Waals surface area (Å²) in [5, 5.41) is 19.2. The van der Waals surface area contributed by atoms with Crippen LogP contribution in [-0.4, -0.2) is 27.2 Å². The maximum atomic E-state index is 12.7. The average Bonchev–Trinajstić information content (AvgIpc) is 2.81. The molecule has 0 radical (unpaired) electrons. The van der Waals surface area contributed by atoms with Crippen molar-refractivity contribution in [1.82, 2.24) is 9.55 Å². The number of hydrogen-bond acceptors (Lipinski definition) is 5. The minimum Gasteiger partial charge on any atom is -0.491 e. The van der Waals surface area contributed by atoms with Gasteiger partial charge < -0.3 is 9.84 Å². The number of benzene rings is 3. The Hall–Kier alpha value is -4.15. The molecule has 1 N–H and O–H groups in total. The number of carboxylic acid groups (broad SMARTS) is 1. The highest BCUT2D eigenvalue weighted by Crippen LogP contribution is 2.33. The van der Waals surface area contributed by atoms with E-state index >= 15 is 0 Å². The molecule has 0 bridgehead atoms. The molecule has 1 aromatic heterocycles. The van der Waals surface area contributed by atoms with Crippen LogP contribution in [-0.2, 0) is 6.54 Å². The van der Waals surface area contributed by atoms with E-state index in [9.17, 15) is 14.7 Å². The van der Waals surface area contributed by atoms with Gasteiger partial charge in [-0.2, -0.15) is 5.26 Å². The summed E-state index contributed by atoms with van der Waals surface area (Å²) in [6.07, 6.45) is 1.42. The number of fused-ring (bicyclic) bond motifs is 1. The highest BCUT2D eigenvalue weighted by atomic mass is 35.5. The lowest BCUT2D eigenvalue weighted by Crippen LogP contribution is -2.23. The zero-order valence-electron chi connectivity index (χ0n) is 16.7. The Kier molecular flexibility index (Phi) is 5.88. The Labute approximate surface area is 187 Å². The molecule has 0 saturated carbocycles. The SMILES string of the molecule is N#Cc1ccc2c(=O)n(CCOc3ccc(Cl)cc3-c3cccc(C(=O)O)c3)cnc2c1. The normalized spacial score (nSPS) is 10.6. The molecule has 0 aliphatic carbocycles. The van der Waals surface area contributed by atoms with Gasteiger partial charge in [-0.15, -0.1) is 0 Å². The number of nitrogens with zero attached hydrogens (tertiary/aromatic N) is 3. The van der Waals surface area contributed by atoms with Gasteiger partial charge in [0.2, 0.25) is 0 Å². The molecule has 0 spiro atoms. The number of halogens is 1. The molecular weight excluding hydrogens is 430 g/mol. The summed E-state index contributed by atoms with van der Waals surface area (Å²) in [6.45, 7) is 0.426. The molecule has 0 unspecified atom stereocenters. The predicted octanol–water partition coefficient (Wildman–Crippen LogP) is 4.37. The third kappa shape index (κ3) is 4.31. The molecule has 32 heavy (non-hydrogen) atoms. The van der Waals surface area contributed by atoms with E-state index in [-0.39, 0.29) is 24.3 Å². The Balaban J connectivity index is 1.57. The fraction of sp³-hybridized carbons (Fsp3) is 0.0833. The third-order valence-corrected chi connectivity index (χ3v) is 5.14. The van der Waals surface area contributed by atoms with Gasteiger partial charge in [-0.25, -0.2) is 9.78 Å². The van der Waals surface area contributed by atoms with E-state index in [1.165, 1.54) is 17.0 Å². The fourth-order valence-corrected chi connectivity index (χ4v) is 3.49. The smallest absolute Gasteiger partial charge is 0.335 e. The van der Waals surface area contributed by atoms with Crippen LogP contribution in [0, 0.1) is 11.3 Å². The quantitative estimate of drug-likeness (QED) is 0.472. The number of aromatic nitrogens is 2. The van der Waals surface area contributed by atoms with Crippen molar-refractivity contribution in [1.29, 1.82) is 5.26 Å². The zero-order valence-corrected chi connectivity index (χ0v) is 17.4. The van der Waals surface area contributed by atoms with Crippen molar-refractivity contribution in [2.24, 2.45) is 0 Å². The molecule has 1 heterocycles. The van der Waals surface area contributed by atoms with Gasteiger partial charge >= 0.3 is 5.97 Å². The van der Waals surface area contributed by atoms with Crippen molar-refractivity contribution in [3.8, 4) is 22.9 Å². The van der Waals surface area contributed by atoms with Gasteiger partial charge in [0.25, 0.3) is 5.56 Å². The molecule has 158 valence electrons. The molecule has 3 aromatic carbocycles. The molecule has 0 aliphatic heterocycles. The lowest BCUT2D eigenvalue weighted by molar-refractivity contribution is 0.0697. The van der Waals surface area contributed by atoms with Crippen LogP contribution in [0.5, 0.6) is 5.75 Å². The number of carboxylic acids is 1. The van der Waals surface area contributed by atoms with Crippen LogP contribution in [0.2, 0.25) is 5.02 Å². The van der Waals surface area contributed by atoms with Crippen LogP contribution in [0.25, 0.3) is 22.0 Å². The predicted molar refractivity (Wildman–Crippen MR) is 120 cm³/mol. The first-order valence-corrected chi connectivity index (χ1v) is 9.99. The van der Waals surface area contributed by atoms with E-state index in [0.717, 1.165) is 0 Å². The van der Waals surface area contributed by atoms with Gasteiger partial charge in [0, 0.05) is 10.6 Å². The Bertz CT molecular complexity index is 1440. The van der Waals surface area contributed by atoms with Gasteiger partial charge in [-0.3, -0.25) is 9.36 Å². The second-order valence-electron chi connectivity index (χ2n) is 6.96. The van der Waals surface area contributed by atoms with E-state index in [0.29, 0.717) is 38.4 Å². The maximum absolute atomic E-state index is 12.7. The minimum atomic E-state index is -1.03. The summed E-state index contributed by atoms with van der Waals surface area (Å²) >= 11 is 6.15. The van der Waals surface area contributed by atoms with Crippen molar-refractivity contribution in [3.05, 3.63) is 93.5 Å². The molecule has 0 aliphatic rings. The summed E-state index contributed by atoms with van der Waals surface area (Å²) in [5.41, 5.74) is 2.13. The molecule has 7 nitrogen and oxygen atoms in total. The molecule has 4 rings (SSSR count). The Morgan fingerprint density at radius 1 is 1.16 bits per heavy atom. The lowest BCUT2D eigenvalue weighted by atomic mass is 10.0. The highest BCUT2D eigenvalue weighted by Gasteiger charge is 2.11. The van der Waals surface area contributed by atoms with Crippen molar-refractivity contribution < 1.29 is 14.6 Å². The summed E-state index contributed by atoms with van der Waals surface area (Å²) in [4.78, 5) is 28.3. The summed E-state index contributed by atoms with van der Waals surface area (Å²) in [7, 11) is 0. The van der Waals surface area contributed by atoms with E-state index in [4.69, 9.17) is 21.6 Å². The van der Waals surface area contributed by atoms with Crippen molar-refractivity contribution in [2.75, 3.05) is 6.61 Å². The Morgan fingerprint density at radius 3 is 2.78 bits per heavy atom. The zero-order chi connectivity index (χ0) is 22.7. The number of rotatable bonds is 6. The second-order valence-corrected chi connectivity index (χ2v) is 7.40. The minimum absolute atomic E-state index is 0.154. The largest absolute Gasteiger partial charge is 0.491 e. The number of nitriles is 1. The van der Waals surface area contributed by atoms with Gasteiger partial charge in [0.15, 0.2) is 0 Å². The topological polar surface area (TPSA) is 105 Å². The van der Waals surface area contributed by atoms with Gasteiger partial charge in [-0.05, 0) is 54.1 Å². The molecule has 0 atom stereocenters. The third-order valence-electron chi connectivity index (χ3n) is 4.91. The summed E-state index contributed by atoms with van der Waals surface area (Å²) < 4.78 is 7.36.